The number of nitrogens with zero attached hydrogens (tertiary/aromatic N) is 1. The van der Waals surface area contributed by atoms with Gasteiger partial charge in [-0.1, -0.05) is 40.7 Å². The second-order valence-electron chi connectivity index (χ2n) is 9.72. The van der Waals surface area contributed by atoms with Gasteiger partial charge in [0.1, 0.15) is 18.1 Å². The van der Waals surface area contributed by atoms with Crippen LogP contribution in [0.15, 0.2) is 12.3 Å². The zero-order valence-electron chi connectivity index (χ0n) is 21.1. The molecule has 5 atom stereocenters. The van der Waals surface area contributed by atoms with E-state index in [2.05, 4.69) is 27.8 Å². The second kappa shape index (κ2) is 12.6. The number of carboxylic acid groups (broad SMARTS) is 1. The smallest absolute Gasteiger partial charge is 0.303 e. The maximum atomic E-state index is 13.3. The SMILES string of the molecule is C=C1NCC(=O)N2CCC[C@@H]2C(=O)N[C@@H]([C@@H](C)CC)C(=O)N[C@@H](C(C)C)C(=O)N[C@H]1CCC(=O)O. The van der Waals surface area contributed by atoms with Gasteiger partial charge >= 0.3 is 5.97 Å². The Labute approximate surface area is 206 Å². The fourth-order valence-corrected chi connectivity index (χ4v) is 4.34. The third-order valence-corrected chi connectivity index (χ3v) is 6.77. The van der Waals surface area contributed by atoms with E-state index in [0.717, 1.165) is 0 Å². The maximum Gasteiger partial charge on any atom is 0.303 e. The molecule has 11 heteroatoms. The van der Waals surface area contributed by atoms with Crippen LogP contribution in [0.1, 0.15) is 59.8 Å². The van der Waals surface area contributed by atoms with E-state index < -0.39 is 47.9 Å². The third-order valence-electron chi connectivity index (χ3n) is 6.77. The van der Waals surface area contributed by atoms with E-state index in [4.69, 9.17) is 5.11 Å². The molecule has 2 aliphatic rings. The van der Waals surface area contributed by atoms with E-state index in [1.807, 2.05) is 13.8 Å². The predicted octanol–water partition coefficient (Wildman–Crippen LogP) is 0.116. The first-order valence-corrected chi connectivity index (χ1v) is 12.3. The molecule has 0 bridgehead atoms. The van der Waals surface area contributed by atoms with Crippen molar-refractivity contribution in [3.8, 4) is 0 Å². The monoisotopic (exact) mass is 493 g/mol. The average Bonchev–Trinajstić information content (AvgIpc) is 3.30. The molecule has 35 heavy (non-hydrogen) atoms. The van der Waals surface area contributed by atoms with Crippen LogP contribution in [0, 0.1) is 11.8 Å². The lowest BCUT2D eigenvalue weighted by molar-refractivity contribution is -0.139. The van der Waals surface area contributed by atoms with Crippen LogP contribution in [0.3, 0.4) is 0 Å². The van der Waals surface area contributed by atoms with E-state index in [9.17, 15) is 24.0 Å². The zero-order chi connectivity index (χ0) is 26.3. The van der Waals surface area contributed by atoms with Crippen molar-refractivity contribution in [2.45, 2.75) is 84.0 Å². The van der Waals surface area contributed by atoms with Crippen LogP contribution in [-0.4, -0.2) is 76.9 Å². The standard InChI is InChI=1S/C24H39N5O6/c1-6-14(4)21-24(35)27-20(13(2)3)23(34)26-16(9-10-19(31)32)15(5)25-12-18(30)29-11-7-8-17(29)22(33)28-21/h13-14,16-17,20-21,25H,5-12H2,1-4H3,(H,26,34)(H,27,35)(H,28,33)(H,31,32)/t14-,16-,17+,20-,21-/m0/s1. The van der Waals surface area contributed by atoms with Crippen LogP contribution < -0.4 is 21.3 Å². The van der Waals surface area contributed by atoms with Crippen LogP contribution in [0.25, 0.3) is 0 Å². The first kappa shape index (κ1) is 28.1. The molecule has 2 rings (SSSR count). The van der Waals surface area contributed by atoms with Crippen molar-refractivity contribution in [3.63, 3.8) is 0 Å². The summed E-state index contributed by atoms with van der Waals surface area (Å²) in [6.45, 7) is 11.5. The van der Waals surface area contributed by atoms with Gasteiger partial charge in [-0.25, -0.2) is 0 Å². The number of carbonyl (C=O) groups is 5. The number of aliphatic carboxylic acids is 1. The molecule has 4 amide bonds. The Balaban J connectivity index is 2.42. The van der Waals surface area contributed by atoms with Gasteiger partial charge in [-0.05, 0) is 31.1 Å². The summed E-state index contributed by atoms with van der Waals surface area (Å²) in [6.07, 6.45) is 1.61. The van der Waals surface area contributed by atoms with Gasteiger partial charge in [0.25, 0.3) is 0 Å². The molecule has 0 unspecified atom stereocenters. The quantitative estimate of drug-likeness (QED) is 0.352. The number of nitrogens with one attached hydrogen (secondary N) is 4. The first-order chi connectivity index (χ1) is 16.5. The fraction of sp³-hybridized carbons (Fsp3) is 0.708. The Hall–Kier alpha value is -3.11. The van der Waals surface area contributed by atoms with Crippen molar-refractivity contribution in [1.29, 1.82) is 0 Å². The fourth-order valence-electron chi connectivity index (χ4n) is 4.34. The highest BCUT2D eigenvalue weighted by Gasteiger charge is 2.38. The molecular weight excluding hydrogens is 454 g/mol. The molecule has 0 aromatic carbocycles. The molecule has 0 saturated carbocycles. The number of amides is 4. The van der Waals surface area contributed by atoms with Crippen molar-refractivity contribution >= 4 is 29.6 Å². The van der Waals surface area contributed by atoms with E-state index in [1.54, 1.807) is 13.8 Å². The van der Waals surface area contributed by atoms with E-state index in [-0.39, 0.29) is 42.8 Å². The number of hydrogen-bond acceptors (Lipinski definition) is 6. The number of carboxylic acids is 1. The lowest BCUT2D eigenvalue weighted by Gasteiger charge is -2.30. The lowest BCUT2D eigenvalue weighted by atomic mass is 9.95. The Morgan fingerprint density at radius 2 is 1.69 bits per heavy atom. The molecule has 0 aliphatic carbocycles. The van der Waals surface area contributed by atoms with Gasteiger partial charge in [0.05, 0.1) is 12.6 Å². The minimum atomic E-state index is -1.03. The molecule has 0 spiro atoms. The van der Waals surface area contributed by atoms with Crippen molar-refractivity contribution in [3.05, 3.63) is 12.3 Å². The maximum absolute atomic E-state index is 13.3. The summed E-state index contributed by atoms with van der Waals surface area (Å²) in [4.78, 5) is 65.2. The number of rotatable bonds is 6. The summed E-state index contributed by atoms with van der Waals surface area (Å²) in [5.41, 5.74) is 0.286. The Morgan fingerprint density at radius 3 is 2.29 bits per heavy atom. The third kappa shape index (κ3) is 7.43. The van der Waals surface area contributed by atoms with Crippen LogP contribution in [0.4, 0.5) is 0 Å². The first-order valence-electron chi connectivity index (χ1n) is 12.3. The summed E-state index contributed by atoms with van der Waals surface area (Å²) in [5.74, 6) is -3.21. The zero-order valence-corrected chi connectivity index (χ0v) is 21.1. The highest BCUT2D eigenvalue weighted by Crippen LogP contribution is 2.19. The van der Waals surface area contributed by atoms with Gasteiger partial charge in [0.15, 0.2) is 0 Å². The van der Waals surface area contributed by atoms with Crippen LogP contribution in [-0.2, 0) is 24.0 Å². The topological polar surface area (TPSA) is 157 Å². The Kier molecular flexibility index (Phi) is 10.1. The minimum Gasteiger partial charge on any atom is -0.481 e. The number of fused-ring (bicyclic) bond motifs is 1. The minimum absolute atomic E-state index is 0.0573. The average molecular weight is 494 g/mol. The molecule has 5 N–H and O–H groups in total. The number of hydrogen-bond donors (Lipinski definition) is 5. The van der Waals surface area contributed by atoms with Crippen molar-refractivity contribution < 1.29 is 29.1 Å². The highest BCUT2D eigenvalue weighted by atomic mass is 16.4. The molecule has 11 nitrogen and oxygen atoms in total. The lowest BCUT2D eigenvalue weighted by Crippen LogP contribution is -2.59. The summed E-state index contributed by atoms with van der Waals surface area (Å²) in [5, 5.41) is 20.4. The van der Waals surface area contributed by atoms with E-state index in [1.165, 1.54) is 4.90 Å². The van der Waals surface area contributed by atoms with E-state index >= 15 is 0 Å². The molecule has 0 aromatic rings. The normalized spacial score (nSPS) is 27.7. The molecule has 196 valence electrons. The van der Waals surface area contributed by atoms with Gasteiger partial charge in [-0.3, -0.25) is 24.0 Å². The van der Waals surface area contributed by atoms with Gasteiger partial charge in [-0.15, -0.1) is 0 Å². The molecule has 2 aliphatic heterocycles. The summed E-state index contributed by atoms with van der Waals surface area (Å²) in [7, 11) is 0. The summed E-state index contributed by atoms with van der Waals surface area (Å²) >= 11 is 0. The molecular formula is C24H39N5O6. The molecule has 0 radical (unpaired) electrons. The molecule has 2 heterocycles. The van der Waals surface area contributed by atoms with Crippen LogP contribution in [0.2, 0.25) is 0 Å². The highest BCUT2D eigenvalue weighted by molar-refractivity contribution is 5.95. The van der Waals surface area contributed by atoms with Gasteiger partial charge < -0.3 is 31.3 Å². The molecule has 2 fully saturated rings. The van der Waals surface area contributed by atoms with Gasteiger partial charge in [0, 0.05) is 18.7 Å². The van der Waals surface area contributed by atoms with Crippen LogP contribution in [0.5, 0.6) is 0 Å². The molecule has 0 aromatic heterocycles. The van der Waals surface area contributed by atoms with E-state index in [0.29, 0.717) is 25.8 Å². The predicted molar refractivity (Wildman–Crippen MR) is 129 cm³/mol. The van der Waals surface area contributed by atoms with Gasteiger partial charge in [-0.2, -0.15) is 0 Å². The summed E-state index contributed by atoms with van der Waals surface area (Å²) < 4.78 is 0. The van der Waals surface area contributed by atoms with Crippen molar-refractivity contribution in [2.75, 3.05) is 13.1 Å². The van der Waals surface area contributed by atoms with Crippen molar-refractivity contribution in [2.24, 2.45) is 11.8 Å². The van der Waals surface area contributed by atoms with Crippen molar-refractivity contribution in [1.82, 2.24) is 26.2 Å². The van der Waals surface area contributed by atoms with Crippen LogP contribution >= 0.6 is 0 Å². The number of carbonyl (C=O) groups excluding carboxylic acids is 4. The summed E-state index contributed by atoms with van der Waals surface area (Å²) in [6, 6.07) is -3.25. The Bertz CT molecular complexity index is 844. The van der Waals surface area contributed by atoms with Gasteiger partial charge in [0.2, 0.25) is 23.6 Å². The Morgan fingerprint density at radius 1 is 1.06 bits per heavy atom. The molecule has 2 saturated heterocycles. The largest absolute Gasteiger partial charge is 0.481 e. The second-order valence-corrected chi connectivity index (χ2v) is 9.72.